The molecular weight excluding hydrogens is 146 g/mol. The molecule has 0 radical (unpaired) electrons. The van der Waals surface area contributed by atoms with Gasteiger partial charge in [-0.05, 0) is 23.7 Å². The van der Waals surface area contributed by atoms with E-state index in [4.69, 9.17) is 0 Å². The molecule has 64 valence electrons. The van der Waals surface area contributed by atoms with Crippen molar-refractivity contribution >= 4 is 0 Å². The zero-order valence-electron chi connectivity index (χ0n) is 6.98. The summed E-state index contributed by atoms with van der Waals surface area (Å²) in [4.78, 5) is 0. The average molecular weight is 160 g/mol. The molecule has 0 aromatic carbocycles. The van der Waals surface area contributed by atoms with Crippen LogP contribution >= 0.6 is 0 Å². The lowest BCUT2D eigenvalue weighted by molar-refractivity contribution is -0.118. The van der Waals surface area contributed by atoms with E-state index in [-0.39, 0.29) is 12.8 Å². The largest absolute Gasteiger partial charge is 0.248 e. The van der Waals surface area contributed by atoms with E-state index in [9.17, 15) is 8.78 Å². The predicted octanol–water partition coefficient (Wildman–Crippen LogP) is 2.93. The van der Waals surface area contributed by atoms with Crippen molar-refractivity contribution in [3.8, 4) is 0 Å². The van der Waals surface area contributed by atoms with Crippen LogP contribution in [0.1, 0.15) is 26.7 Å². The number of alkyl halides is 2. The Bertz CT molecular complexity index is 160. The van der Waals surface area contributed by atoms with Crippen molar-refractivity contribution < 1.29 is 8.78 Å². The van der Waals surface area contributed by atoms with Gasteiger partial charge in [0.15, 0.2) is 0 Å². The summed E-state index contributed by atoms with van der Waals surface area (Å²) >= 11 is 0. The molecule has 0 amide bonds. The van der Waals surface area contributed by atoms with E-state index in [1.807, 2.05) is 0 Å². The Hall–Kier alpha value is -0.140. The quantitative estimate of drug-likeness (QED) is 0.553. The fraction of sp³-hybridized carbons (Fsp3) is 1.00. The first-order chi connectivity index (χ1) is 5.01. The van der Waals surface area contributed by atoms with E-state index < -0.39 is 5.92 Å². The molecule has 2 heteroatoms. The van der Waals surface area contributed by atoms with Crippen molar-refractivity contribution in [2.45, 2.75) is 32.6 Å². The summed E-state index contributed by atoms with van der Waals surface area (Å²) < 4.78 is 24.9. The third-order valence-electron chi connectivity index (χ3n) is 3.57. The van der Waals surface area contributed by atoms with Crippen LogP contribution in [0.5, 0.6) is 0 Å². The number of hydrogen-bond donors (Lipinski definition) is 0. The molecule has 0 aromatic rings. The fourth-order valence-electron chi connectivity index (χ4n) is 2.54. The minimum Gasteiger partial charge on any atom is -0.207 e. The molecular formula is C9H14F2. The van der Waals surface area contributed by atoms with Gasteiger partial charge < -0.3 is 0 Å². The maximum Gasteiger partial charge on any atom is 0.248 e. The SMILES string of the molecule is CC1C(C)C1C1CC(F)(F)C1. The van der Waals surface area contributed by atoms with Crippen LogP contribution in [0.4, 0.5) is 8.78 Å². The van der Waals surface area contributed by atoms with Crippen molar-refractivity contribution in [3.63, 3.8) is 0 Å². The second-order valence-corrected chi connectivity index (χ2v) is 4.32. The number of hydrogen-bond acceptors (Lipinski definition) is 0. The molecule has 2 rings (SSSR count). The second-order valence-electron chi connectivity index (χ2n) is 4.32. The van der Waals surface area contributed by atoms with E-state index >= 15 is 0 Å². The summed E-state index contributed by atoms with van der Waals surface area (Å²) in [5.74, 6) is 0.0593. The van der Waals surface area contributed by atoms with Gasteiger partial charge in [0.2, 0.25) is 5.92 Å². The van der Waals surface area contributed by atoms with Gasteiger partial charge in [0, 0.05) is 12.8 Å². The number of halogens is 2. The zero-order valence-corrected chi connectivity index (χ0v) is 6.98. The second kappa shape index (κ2) is 1.96. The summed E-state index contributed by atoms with van der Waals surface area (Å²) in [6.07, 6.45) is 0.318. The first kappa shape index (κ1) is 7.51. The number of rotatable bonds is 1. The Morgan fingerprint density at radius 1 is 1.09 bits per heavy atom. The summed E-state index contributed by atoms with van der Waals surface area (Å²) in [5, 5.41) is 0. The highest BCUT2D eigenvalue weighted by Gasteiger charge is 2.57. The Morgan fingerprint density at radius 3 is 1.82 bits per heavy atom. The van der Waals surface area contributed by atoms with Gasteiger partial charge in [-0.2, -0.15) is 0 Å². The molecule has 0 N–H and O–H groups in total. The Kier molecular flexibility index (Phi) is 1.34. The lowest BCUT2D eigenvalue weighted by Gasteiger charge is -2.35. The summed E-state index contributed by atoms with van der Waals surface area (Å²) in [5.41, 5.74) is 0. The summed E-state index contributed by atoms with van der Waals surface area (Å²) in [6, 6.07) is 0. The van der Waals surface area contributed by atoms with Crippen LogP contribution in [0.3, 0.4) is 0 Å². The zero-order chi connectivity index (χ0) is 8.22. The fourth-order valence-corrected chi connectivity index (χ4v) is 2.54. The predicted molar refractivity (Wildman–Crippen MR) is 39.5 cm³/mol. The smallest absolute Gasteiger partial charge is 0.207 e. The standard InChI is InChI=1S/C9H14F2/c1-5-6(2)8(5)7-3-9(10,11)4-7/h5-8H,3-4H2,1-2H3. The maximum atomic E-state index is 12.4. The lowest BCUT2D eigenvalue weighted by atomic mass is 9.77. The Morgan fingerprint density at radius 2 is 1.55 bits per heavy atom. The molecule has 2 fully saturated rings. The summed E-state index contributed by atoms with van der Waals surface area (Å²) in [7, 11) is 0. The molecule has 0 heterocycles. The molecule has 0 spiro atoms. The molecule has 2 aliphatic rings. The van der Waals surface area contributed by atoms with Gasteiger partial charge in [0.25, 0.3) is 0 Å². The van der Waals surface area contributed by atoms with Crippen LogP contribution < -0.4 is 0 Å². The first-order valence-electron chi connectivity index (χ1n) is 4.39. The van der Waals surface area contributed by atoms with Gasteiger partial charge in [-0.15, -0.1) is 0 Å². The molecule has 0 aromatic heterocycles. The summed E-state index contributed by atoms with van der Waals surface area (Å²) in [6.45, 7) is 4.34. The molecule has 0 nitrogen and oxygen atoms in total. The van der Waals surface area contributed by atoms with Gasteiger partial charge >= 0.3 is 0 Å². The molecule has 11 heavy (non-hydrogen) atoms. The van der Waals surface area contributed by atoms with E-state index in [1.165, 1.54) is 0 Å². The van der Waals surface area contributed by atoms with Crippen LogP contribution in [0.15, 0.2) is 0 Å². The van der Waals surface area contributed by atoms with Gasteiger partial charge in [0.1, 0.15) is 0 Å². The molecule has 0 bridgehead atoms. The highest BCUT2D eigenvalue weighted by Crippen LogP contribution is 2.59. The van der Waals surface area contributed by atoms with Crippen LogP contribution in [-0.2, 0) is 0 Å². The first-order valence-corrected chi connectivity index (χ1v) is 4.39. The van der Waals surface area contributed by atoms with Crippen LogP contribution in [0.2, 0.25) is 0 Å². The van der Waals surface area contributed by atoms with Crippen molar-refractivity contribution in [2.75, 3.05) is 0 Å². The topological polar surface area (TPSA) is 0 Å². The van der Waals surface area contributed by atoms with Gasteiger partial charge in [0.05, 0.1) is 0 Å². The average Bonchev–Trinajstić information content (AvgIpc) is 2.36. The third kappa shape index (κ3) is 1.07. The Labute approximate surface area is 66.0 Å². The van der Waals surface area contributed by atoms with Gasteiger partial charge in [-0.3, -0.25) is 0 Å². The normalized spacial score (nSPS) is 48.5. The van der Waals surface area contributed by atoms with Crippen LogP contribution in [-0.4, -0.2) is 5.92 Å². The van der Waals surface area contributed by atoms with E-state index in [2.05, 4.69) is 13.8 Å². The van der Waals surface area contributed by atoms with Gasteiger partial charge in [-0.1, -0.05) is 13.8 Å². The van der Waals surface area contributed by atoms with E-state index in [1.54, 1.807) is 0 Å². The van der Waals surface area contributed by atoms with Crippen molar-refractivity contribution in [3.05, 3.63) is 0 Å². The lowest BCUT2D eigenvalue weighted by Crippen LogP contribution is -2.37. The van der Waals surface area contributed by atoms with Crippen LogP contribution in [0, 0.1) is 23.7 Å². The molecule has 0 saturated heterocycles. The molecule has 2 saturated carbocycles. The minimum absolute atomic E-state index is 0.159. The monoisotopic (exact) mass is 160 g/mol. The molecule has 2 atom stereocenters. The highest BCUT2D eigenvalue weighted by molar-refractivity contribution is 5.02. The van der Waals surface area contributed by atoms with E-state index in [0.717, 1.165) is 0 Å². The van der Waals surface area contributed by atoms with Crippen molar-refractivity contribution in [1.82, 2.24) is 0 Å². The third-order valence-corrected chi connectivity index (χ3v) is 3.57. The Balaban J connectivity index is 1.85. The maximum absolute atomic E-state index is 12.4. The van der Waals surface area contributed by atoms with Gasteiger partial charge in [-0.25, -0.2) is 8.78 Å². The highest BCUT2D eigenvalue weighted by atomic mass is 19.3. The molecule has 2 unspecified atom stereocenters. The van der Waals surface area contributed by atoms with Crippen molar-refractivity contribution in [2.24, 2.45) is 23.7 Å². The van der Waals surface area contributed by atoms with Crippen molar-refractivity contribution in [1.29, 1.82) is 0 Å². The van der Waals surface area contributed by atoms with E-state index in [0.29, 0.717) is 23.7 Å². The minimum atomic E-state index is -2.31. The van der Waals surface area contributed by atoms with Crippen LogP contribution in [0.25, 0.3) is 0 Å². The molecule has 2 aliphatic carbocycles. The molecule has 0 aliphatic heterocycles.